The Labute approximate surface area is 170 Å². The van der Waals surface area contributed by atoms with E-state index in [-0.39, 0.29) is 17.2 Å². The fraction of sp³-hybridized carbons (Fsp3) is 0.412. The molecular formula is C17H22N8O3S. The molecule has 3 heterocycles. The summed E-state index contributed by atoms with van der Waals surface area (Å²) in [5.41, 5.74) is 0.580. The van der Waals surface area contributed by atoms with Crippen LogP contribution >= 0.6 is 11.8 Å². The van der Waals surface area contributed by atoms with Crippen molar-refractivity contribution in [1.29, 1.82) is 0 Å². The summed E-state index contributed by atoms with van der Waals surface area (Å²) in [6, 6.07) is 2.71. The van der Waals surface area contributed by atoms with E-state index in [4.69, 9.17) is 4.74 Å². The van der Waals surface area contributed by atoms with Gasteiger partial charge in [0.1, 0.15) is 11.5 Å². The number of fused-ring (bicyclic) bond motifs is 1. The molecular weight excluding hydrogens is 396 g/mol. The average molecular weight is 418 g/mol. The van der Waals surface area contributed by atoms with Crippen LogP contribution < -0.4 is 16.2 Å². The van der Waals surface area contributed by atoms with Crippen LogP contribution in [0, 0.1) is 0 Å². The van der Waals surface area contributed by atoms with Crippen LogP contribution in [-0.4, -0.2) is 68.5 Å². The standard InChI is InChI=1S/C17H22N8O3S/c1-24-13(26)5-4-12(23-24)16(27)19-6-8-25-15-11(10-20-25)14(18-7-9-28-2)21-17(22-15)29-3/h4-5,10H,6-9H2,1-3H3,(H,19,27)(H,18,21,22). The van der Waals surface area contributed by atoms with Crippen molar-refractivity contribution < 1.29 is 9.53 Å². The number of methoxy groups -OCH3 is 1. The third-order valence-corrected chi connectivity index (χ3v) is 4.61. The van der Waals surface area contributed by atoms with E-state index >= 15 is 0 Å². The molecule has 0 bridgehead atoms. The van der Waals surface area contributed by atoms with Crippen molar-refractivity contribution in [2.24, 2.45) is 7.05 Å². The molecule has 29 heavy (non-hydrogen) atoms. The topological polar surface area (TPSA) is 129 Å². The van der Waals surface area contributed by atoms with Crippen molar-refractivity contribution in [3.05, 3.63) is 34.4 Å². The zero-order valence-electron chi connectivity index (χ0n) is 16.4. The Morgan fingerprint density at radius 3 is 2.83 bits per heavy atom. The van der Waals surface area contributed by atoms with E-state index < -0.39 is 0 Å². The summed E-state index contributed by atoms with van der Waals surface area (Å²) in [4.78, 5) is 32.6. The Hall–Kier alpha value is -2.99. The maximum atomic E-state index is 12.2. The van der Waals surface area contributed by atoms with Gasteiger partial charge in [0, 0.05) is 33.3 Å². The second-order valence-electron chi connectivity index (χ2n) is 6.02. The second-order valence-corrected chi connectivity index (χ2v) is 6.79. The van der Waals surface area contributed by atoms with Crippen LogP contribution in [0.25, 0.3) is 11.0 Å². The molecule has 0 aromatic carbocycles. The minimum atomic E-state index is -0.363. The number of anilines is 1. The van der Waals surface area contributed by atoms with Crippen LogP contribution in [0.1, 0.15) is 10.5 Å². The monoisotopic (exact) mass is 418 g/mol. The first-order valence-electron chi connectivity index (χ1n) is 8.86. The summed E-state index contributed by atoms with van der Waals surface area (Å²) < 4.78 is 7.90. The van der Waals surface area contributed by atoms with Gasteiger partial charge in [-0.3, -0.25) is 9.59 Å². The molecule has 0 aliphatic heterocycles. The van der Waals surface area contributed by atoms with Gasteiger partial charge in [-0.05, 0) is 12.3 Å². The van der Waals surface area contributed by atoms with Gasteiger partial charge in [0.25, 0.3) is 11.5 Å². The van der Waals surface area contributed by atoms with Gasteiger partial charge in [-0.2, -0.15) is 10.2 Å². The fourth-order valence-electron chi connectivity index (χ4n) is 2.59. The highest BCUT2D eigenvalue weighted by Crippen LogP contribution is 2.23. The molecule has 3 aromatic rings. The zero-order valence-corrected chi connectivity index (χ0v) is 17.2. The van der Waals surface area contributed by atoms with Gasteiger partial charge in [0.05, 0.1) is 24.7 Å². The van der Waals surface area contributed by atoms with E-state index in [2.05, 4.69) is 30.8 Å². The number of ether oxygens (including phenoxy) is 1. The average Bonchev–Trinajstić information content (AvgIpc) is 3.13. The number of carbonyl (C=O) groups is 1. The van der Waals surface area contributed by atoms with E-state index in [0.29, 0.717) is 42.9 Å². The van der Waals surface area contributed by atoms with E-state index in [0.717, 1.165) is 10.1 Å². The van der Waals surface area contributed by atoms with Crippen LogP contribution in [0.5, 0.6) is 0 Å². The van der Waals surface area contributed by atoms with Gasteiger partial charge in [-0.15, -0.1) is 0 Å². The van der Waals surface area contributed by atoms with Gasteiger partial charge < -0.3 is 15.4 Å². The molecule has 0 saturated carbocycles. The summed E-state index contributed by atoms with van der Waals surface area (Å²) in [5, 5.41) is 15.7. The third-order valence-electron chi connectivity index (χ3n) is 4.06. The predicted molar refractivity (Wildman–Crippen MR) is 109 cm³/mol. The Morgan fingerprint density at radius 1 is 1.28 bits per heavy atom. The molecule has 0 radical (unpaired) electrons. The van der Waals surface area contributed by atoms with Crippen LogP contribution in [-0.2, 0) is 18.3 Å². The number of carbonyl (C=O) groups excluding carboxylic acids is 1. The Bertz CT molecular complexity index is 1060. The Balaban J connectivity index is 1.71. The van der Waals surface area contributed by atoms with E-state index in [1.807, 2.05) is 6.26 Å². The number of amides is 1. The normalized spacial score (nSPS) is 11.0. The first-order chi connectivity index (χ1) is 14.0. The lowest BCUT2D eigenvalue weighted by Gasteiger charge is -2.09. The lowest BCUT2D eigenvalue weighted by Crippen LogP contribution is -2.30. The number of hydrogen-bond acceptors (Lipinski definition) is 9. The number of aryl methyl sites for hydroxylation is 1. The molecule has 3 rings (SSSR count). The number of rotatable bonds is 9. The fourth-order valence-corrected chi connectivity index (χ4v) is 2.95. The molecule has 12 heteroatoms. The summed E-state index contributed by atoms with van der Waals surface area (Å²) >= 11 is 1.44. The second kappa shape index (κ2) is 9.47. The van der Waals surface area contributed by atoms with Crippen LogP contribution in [0.4, 0.5) is 5.82 Å². The van der Waals surface area contributed by atoms with Gasteiger partial charge >= 0.3 is 0 Å². The SMILES string of the molecule is COCCNc1nc(SC)nc2c1cnn2CCNC(=O)c1ccc(=O)n(C)n1. The third kappa shape index (κ3) is 4.90. The molecule has 0 saturated heterocycles. The minimum absolute atomic E-state index is 0.175. The molecule has 1 amide bonds. The highest BCUT2D eigenvalue weighted by molar-refractivity contribution is 7.98. The van der Waals surface area contributed by atoms with Crippen LogP contribution in [0.2, 0.25) is 0 Å². The van der Waals surface area contributed by atoms with Gasteiger partial charge in [-0.25, -0.2) is 19.3 Å². The molecule has 2 N–H and O–H groups in total. The highest BCUT2D eigenvalue weighted by Gasteiger charge is 2.13. The zero-order chi connectivity index (χ0) is 20.8. The first kappa shape index (κ1) is 20.7. The number of nitrogens with zero attached hydrogens (tertiary/aromatic N) is 6. The summed E-state index contributed by atoms with van der Waals surface area (Å²) in [6.45, 7) is 1.91. The smallest absolute Gasteiger partial charge is 0.271 e. The van der Waals surface area contributed by atoms with Crippen molar-refractivity contribution in [3.63, 3.8) is 0 Å². The Kier molecular flexibility index (Phi) is 6.77. The van der Waals surface area contributed by atoms with Gasteiger partial charge in [0.2, 0.25) is 0 Å². The molecule has 3 aromatic heterocycles. The number of hydrogen-bond donors (Lipinski definition) is 2. The molecule has 0 fully saturated rings. The highest BCUT2D eigenvalue weighted by atomic mass is 32.2. The van der Waals surface area contributed by atoms with Crippen molar-refractivity contribution in [2.75, 3.05) is 38.4 Å². The maximum absolute atomic E-state index is 12.2. The van der Waals surface area contributed by atoms with E-state index in [1.54, 1.807) is 18.0 Å². The quantitative estimate of drug-likeness (QED) is 0.283. The van der Waals surface area contributed by atoms with Crippen molar-refractivity contribution in [2.45, 2.75) is 11.7 Å². The number of thioether (sulfide) groups is 1. The van der Waals surface area contributed by atoms with Crippen LogP contribution in [0.15, 0.2) is 28.3 Å². The lowest BCUT2D eigenvalue weighted by molar-refractivity contribution is 0.0944. The largest absolute Gasteiger partial charge is 0.383 e. The van der Waals surface area contributed by atoms with Crippen LogP contribution in [0.3, 0.4) is 0 Å². The molecule has 0 spiro atoms. The molecule has 0 aliphatic rings. The molecule has 11 nitrogen and oxygen atoms in total. The number of nitrogens with one attached hydrogen (secondary N) is 2. The molecule has 0 aliphatic carbocycles. The van der Waals surface area contributed by atoms with Gasteiger partial charge in [-0.1, -0.05) is 11.8 Å². The van der Waals surface area contributed by atoms with Crippen molar-refractivity contribution in [3.8, 4) is 0 Å². The summed E-state index contributed by atoms with van der Waals surface area (Å²) in [5.74, 6) is 0.333. The van der Waals surface area contributed by atoms with Crippen molar-refractivity contribution in [1.82, 2.24) is 34.8 Å². The van der Waals surface area contributed by atoms with Crippen molar-refractivity contribution >= 4 is 34.5 Å². The summed E-state index contributed by atoms with van der Waals surface area (Å²) in [7, 11) is 3.14. The molecule has 154 valence electrons. The van der Waals surface area contributed by atoms with E-state index in [1.165, 1.54) is 30.9 Å². The minimum Gasteiger partial charge on any atom is -0.383 e. The predicted octanol–water partition coefficient (Wildman–Crippen LogP) is 0.130. The molecule has 0 unspecified atom stereocenters. The van der Waals surface area contributed by atoms with Gasteiger partial charge in [0.15, 0.2) is 10.8 Å². The number of aromatic nitrogens is 6. The lowest BCUT2D eigenvalue weighted by atomic mass is 10.3. The maximum Gasteiger partial charge on any atom is 0.271 e. The molecule has 0 atom stereocenters. The van der Waals surface area contributed by atoms with E-state index in [9.17, 15) is 9.59 Å². The summed E-state index contributed by atoms with van der Waals surface area (Å²) in [6.07, 6.45) is 3.60. The Morgan fingerprint density at radius 2 is 2.10 bits per heavy atom. The first-order valence-corrected chi connectivity index (χ1v) is 10.1.